The van der Waals surface area contributed by atoms with E-state index < -0.39 is 24.5 Å². The van der Waals surface area contributed by atoms with Crippen molar-refractivity contribution in [3.63, 3.8) is 0 Å². The molecule has 0 saturated heterocycles. The number of nitrogens with one attached hydrogen (secondary N) is 3. The molecule has 30 heavy (non-hydrogen) atoms. The predicted octanol–water partition coefficient (Wildman–Crippen LogP) is 0.603. The Labute approximate surface area is 204 Å². The van der Waals surface area contributed by atoms with Gasteiger partial charge >= 0.3 is 0 Å². The van der Waals surface area contributed by atoms with Gasteiger partial charge in [0.1, 0.15) is 0 Å². The van der Waals surface area contributed by atoms with Crippen LogP contribution < -0.4 is 16.0 Å². The van der Waals surface area contributed by atoms with Gasteiger partial charge in [-0.1, -0.05) is 0 Å². The highest BCUT2D eigenvalue weighted by atomic mass is 127. The van der Waals surface area contributed by atoms with Crippen molar-refractivity contribution < 1.29 is 29.7 Å². The molecule has 0 spiro atoms. The number of rotatable bonds is 11. The van der Waals surface area contributed by atoms with Crippen LogP contribution in [0.25, 0.3) is 0 Å². The second kappa shape index (κ2) is 13.7. The first-order valence-electron chi connectivity index (χ1n) is 9.17. The molecule has 0 aliphatic rings. The summed E-state index contributed by atoms with van der Waals surface area (Å²) in [6.07, 6.45) is 0.0917. The number of halogens is 2. The fourth-order valence-electron chi connectivity index (χ4n) is 2.48. The van der Waals surface area contributed by atoms with Crippen LogP contribution >= 0.6 is 54.4 Å². The van der Waals surface area contributed by atoms with E-state index in [4.69, 9.17) is 10.2 Å². The Morgan fingerprint density at radius 1 is 1.07 bits per heavy atom. The second-order valence-electron chi connectivity index (χ2n) is 6.34. The van der Waals surface area contributed by atoms with E-state index in [1.807, 2.05) is 45.2 Å². The Morgan fingerprint density at radius 2 is 1.70 bits per heavy atom. The number of aliphatic hydroxyl groups is 3. The molecular weight excluding hydrogens is 639 g/mol. The number of carbonyl (C=O) groups excluding carboxylic acids is 3. The van der Waals surface area contributed by atoms with Gasteiger partial charge in [0, 0.05) is 29.7 Å². The molecule has 0 radical (unpaired) electrons. The zero-order chi connectivity index (χ0) is 22.8. The molecule has 12 heteroatoms. The lowest BCUT2D eigenvalue weighted by Gasteiger charge is -2.20. The number of aliphatic hydroxyl groups excluding tert-OH is 3. The highest BCUT2D eigenvalue weighted by Crippen LogP contribution is 2.34. The van der Waals surface area contributed by atoms with Gasteiger partial charge in [0.15, 0.2) is 0 Å². The SMILES string of the molecule is Cc1c(NC(=O)CCP)c(I)c(C(=O)NCC(O)CO)c(I)c1C(=O)NCCCO. The third-order valence-electron chi connectivity index (χ3n) is 4.05. The molecule has 1 rings (SSSR count). The Kier molecular flexibility index (Phi) is 12.6. The minimum Gasteiger partial charge on any atom is -0.396 e. The molecule has 0 aliphatic heterocycles. The Bertz CT molecular complexity index is 794. The van der Waals surface area contributed by atoms with Gasteiger partial charge in [-0.3, -0.25) is 14.4 Å². The van der Waals surface area contributed by atoms with E-state index in [0.29, 0.717) is 31.0 Å². The molecule has 0 aromatic heterocycles. The van der Waals surface area contributed by atoms with E-state index in [0.717, 1.165) is 0 Å². The van der Waals surface area contributed by atoms with Crippen LogP contribution in [0, 0.1) is 14.1 Å². The van der Waals surface area contributed by atoms with Crippen molar-refractivity contribution in [2.45, 2.75) is 25.9 Å². The van der Waals surface area contributed by atoms with Crippen molar-refractivity contribution in [2.24, 2.45) is 0 Å². The summed E-state index contributed by atoms with van der Waals surface area (Å²) in [5, 5.41) is 35.4. The van der Waals surface area contributed by atoms with Crippen LogP contribution in [0.3, 0.4) is 0 Å². The number of amides is 3. The highest BCUT2D eigenvalue weighted by Gasteiger charge is 2.27. The van der Waals surface area contributed by atoms with Crippen LogP contribution in [0.15, 0.2) is 0 Å². The minimum atomic E-state index is -1.11. The molecule has 0 fully saturated rings. The van der Waals surface area contributed by atoms with E-state index in [9.17, 15) is 19.5 Å². The summed E-state index contributed by atoms with van der Waals surface area (Å²) in [4.78, 5) is 37.8. The van der Waals surface area contributed by atoms with Crippen molar-refractivity contribution in [2.75, 3.05) is 37.8 Å². The summed E-state index contributed by atoms with van der Waals surface area (Å²) in [5.74, 6) is -1.21. The largest absolute Gasteiger partial charge is 0.396 e. The number of hydrogen-bond donors (Lipinski definition) is 6. The summed E-state index contributed by atoms with van der Waals surface area (Å²) in [6.45, 7) is 1.22. The van der Waals surface area contributed by atoms with Gasteiger partial charge in [-0.2, -0.15) is 0 Å². The van der Waals surface area contributed by atoms with Gasteiger partial charge in [0.2, 0.25) is 5.91 Å². The molecule has 1 aromatic rings. The molecular formula is C18H26I2N3O6P. The monoisotopic (exact) mass is 665 g/mol. The van der Waals surface area contributed by atoms with E-state index in [-0.39, 0.29) is 43.2 Å². The molecule has 2 unspecified atom stereocenters. The maximum atomic E-state index is 12.8. The lowest BCUT2D eigenvalue weighted by molar-refractivity contribution is -0.115. The zero-order valence-corrected chi connectivity index (χ0v) is 21.9. The predicted molar refractivity (Wildman–Crippen MR) is 134 cm³/mol. The molecule has 9 nitrogen and oxygen atoms in total. The van der Waals surface area contributed by atoms with Gasteiger partial charge in [-0.25, -0.2) is 0 Å². The third kappa shape index (κ3) is 7.52. The summed E-state index contributed by atoms with van der Waals surface area (Å²) in [7, 11) is 2.47. The molecule has 6 N–H and O–H groups in total. The number of benzene rings is 1. The maximum absolute atomic E-state index is 12.8. The van der Waals surface area contributed by atoms with E-state index in [1.165, 1.54) is 0 Å². The first-order valence-corrected chi connectivity index (χ1v) is 12.1. The molecule has 1 aromatic carbocycles. The Hall–Kier alpha value is -0.600. The van der Waals surface area contributed by atoms with E-state index in [1.54, 1.807) is 6.92 Å². The second-order valence-corrected chi connectivity index (χ2v) is 9.08. The van der Waals surface area contributed by atoms with Crippen molar-refractivity contribution in [3.05, 3.63) is 23.8 Å². The molecule has 2 atom stereocenters. The first-order chi connectivity index (χ1) is 14.2. The van der Waals surface area contributed by atoms with Crippen LogP contribution in [0.5, 0.6) is 0 Å². The number of hydrogen-bond acceptors (Lipinski definition) is 6. The smallest absolute Gasteiger partial charge is 0.253 e. The molecule has 3 amide bonds. The molecule has 0 aliphatic carbocycles. The first kappa shape index (κ1) is 27.4. The van der Waals surface area contributed by atoms with Gasteiger partial charge in [-0.15, -0.1) is 9.24 Å². The molecule has 0 heterocycles. The van der Waals surface area contributed by atoms with Crippen LogP contribution in [0.4, 0.5) is 5.69 Å². The van der Waals surface area contributed by atoms with Crippen molar-refractivity contribution in [1.82, 2.24) is 10.6 Å². The molecule has 168 valence electrons. The standard InChI is InChI=1S/C18H26I2N3O6P/c1-9-12(17(28)21-4-2-5-24)14(19)13(18(29)22-7-10(26)8-25)15(20)16(9)23-11(27)3-6-30/h10,24-26H,2-8,30H2,1H3,(H,21,28)(H,22,29)(H,23,27). The van der Waals surface area contributed by atoms with Crippen LogP contribution in [0.2, 0.25) is 0 Å². The lowest BCUT2D eigenvalue weighted by Crippen LogP contribution is -2.36. The maximum Gasteiger partial charge on any atom is 0.253 e. The third-order valence-corrected chi connectivity index (χ3v) is 6.49. The Balaban J connectivity index is 3.46. The van der Waals surface area contributed by atoms with Gasteiger partial charge < -0.3 is 31.3 Å². The van der Waals surface area contributed by atoms with Crippen molar-refractivity contribution in [3.8, 4) is 0 Å². The van der Waals surface area contributed by atoms with E-state index in [2.05, 4.69) is 25.2 Å². The fourth-order valence-corrected chi connectivity index (χ4v) is 5.48. The van der Waals surface area contributed by atoms with Crippen molar-refractivity contribution in [1.29, 1.82) is 0 Å². The summed E-state index contributed by atoms with van der Waals surface area (Å²) in [5.41, 5.74) is 1.34. The summed E-state index contributed by atoms with van der Waals surface area (Å²) in [6, 6.07) is 0. The van der Waals surface area contributed by atoms with E-state index >= 15 is 0 Å². The summed E-state index contributed by atoms with van der Waals surface area (Å²) < 4.78 is 0.866. The highest BCUT2D eigenvalue weighted by molar-refractivity contribution is 14.1. The number of anilines is 1. The topological polar surface area (TPSA) is 148 Å². The minimum absolute atomic E-state index is 0.0692. The Morgan fingerprint density at radius 3 is 2.27 bits per heavy atom. The number of carbonyl (C=O) groups is 3. The quantitative estimate of drug-likeness (QED) is 0.116. The van der Waals surface area contributed by atoms with Crippen LogP contribution in [-0.4, -0.2) is 71.6 Å². The average Bonchev–Trinajstić information content (AvgIpc) is 2.69. The zero-order valence-electron chi connectivity index (χ0n) is 16.4. The van der Waals surface area contributed by atoms with Crippen LogP contribution in [-0.2, 0) is 4.79 Å². The van der Waals surface area contributed by atoms with Gasteiger partial charge in [0.05, 0.1) is 33.1 Å². The normalized spacial score (nSPS) is 11.7. The fraction of sp³-hybridized carbons (Fsp3) is 0.500. The van der Waals surface area contributed by atoms with Crippen LogP contribution in [0.1, 0.15) is 39.1 Å². The summed E-state index contributed by atoms with van der Waals surface area (Å²) >= 11 is 3.86. The van der Waals surface area contributed by atoms with Gasteiger partial charge in [-0.05, 0) is 70.3 Å². The molecule has 0 saturated carbocycles. The molecule has 0 bridgehead atoms. The van der Waals surface area contributed by atoms with Gasteiger partial charge in [0.25, 0.3) is 11.8 Å². The van der Waals surface area contributed by atoms with Crippen molar-refractivity contribution >= 4 is 77.8 Å². The average molecular weight is 665 g/mol. The lowest BCUT2D eigenvalue weighted by atomic mass is 10.0.